The minimum atomic E-state index is -0.307. The van der Waals surface area contributed by atoms with Crippen molar-refractivity contribution in [1.29, 1.82) is 0 Å². The zero-order valence-electron chi connectivity index (χ0n) is 10.1. The molecule has 1 aromatic carbocycles. The summed E-state index contributed by atoms with van der Waals surface area (Å²) < 4.78 is 8.26. The highest BCUT2D eigenvalue weighted by molar-refractivity contribution is 5.82. The molecule has 92 valence electrons. The minimum Gasteiger partial charge on any atom is -0.468 e. The summed E-state index contributed by atoms with van der Waals surface area (Å²) in [4.78, 5) is 15.8. The van der Waals surface area contributed by atoms with Gasteiger partial charge in [-0.1, -0.05) is 12.1 Å². The van der Waals surface area contributed by atoms with Gasteiger partial charge in [0.1, 0.15) is 12.4 Å². The Bertz CT molecular complexity index is 741. The number of hydrogen-bond donors (Lipinski definition) is 0. The Morgan fingerprint density at radius 3 is 2.78 bits per heavy atom. The average Bonchev–Trinajstić information content (AvgIpc) is 2.88. The predicted octanol–water partition coefficient (Wildman–Crippen LogP) is 1.17. The van der Waals surface area contributed by atoms with Crippen molar-refractivity contribution < 1.29 is 9.53 Å². The number of para-hydroxylation sites is 2. The molecule has 2 heterocycles. The average molecular weight is 244 g/mol. The fourth-order valence-electron chi connectivity index (χ4n) is 2.07. The highest BCUT2D eigenvalue weighted by Gasteiger charge is 2.15. The van der Waals surface area contributed by atoms with Gasteiger partial charge in [0.05, 0.1) is 18.1 Å². The number of benzene rings is 1. The van der Waals surface area contributed by atoms with Crippen molar-refractivity contribution in [1.82, 2.24) is 19.2 Å². The fourth-order valence-corrected chi connectivity index (χ4v) is 2.07. The lowest BCUT2D eigenvalue weighted by Gasteiger charge is -2.02. The highest BCUT2D eigenvalue weighted by Crippen LogP contribution is 2.19. The number of imidazole rings is 1. The van der Waals surface area contributed by atoms with Crippen molar-refractivity contribution in [3.8, 4) is 0 Å². The third kappa shape index (κ3) is 1.46. The molecule has 0 aliphatic carbocycles. The number of carbonyl (C=O) groups is 1. The maximum Gasteiger partial charge on any atom is 0.325 e. The second kappa shape index (κ2) is 3.83. The largest absolute Gasteiger partial charge is 0.468 e. The zero-order valence-corrected chi connectivity index (χ0v) is 10.1. The molecule has 0 saturated carbocycles. The highest BCUT2D eigenvalue weighted by atomic mass is 16.5. The van der Waals surface area contributed by atoms with Gasteiger partial charge in [0.15, 0.2) is 0 Å². The van der Waals surface area contributed by atoms with Gasteiger partial charge in [-0.2, -0.15) is 9.50 Å². The number of carbonyl (C=O) groups excluding carboxylic acids is 1. The summed E-state index contributed by atoms with van der Waals surface area (Å²) in [5.41, 5.74) is 1.84. The van der Waals surface area contributed by atoms with E-state index in [4.69, 9.17) is 4.74 Å². The summed E-state index contributed by atoms with van der Waals surface area (Å²) in [6.45, 7) is 1.95. The van der Waals surface area contributed by atoms with Crippen LogP contribution in [0.3, 0.4) is 0 Å². The van der Waals surface area contributed by atoms with Crippen LogP contribution in [0.4, 0.5) is 0 Å². The first-order valence-corrected chi connectivity index (χ1v) is 5.58. The van der Waals surface area contributed by atoms with Gasteiger partial charge < -0.3 is 4.74 Å². The van der Waals surface area contributed by atoms with Crippen molar-refractivity contribution in [2.75, 3.05) is 7.11 Å². The SMILES string of the molecule is COC(=O)Cn1c2ccccc2n2nc(C)nc12. The number of aryl methyl sites for hydroxylation is 1. The Labute approximate surface area is 103 Å². The van der Waals surface area contributed by atoms with E-state index in [1.807, 2.05) is 31.2 Å². The lowest BCUT2D eigenvalue weighted by atomic mass is 10.3. The molecule has 6 heteroatoms. The number of nitrogens with zero attached hydrogens (tertiary/aromatic N) is 4. The Kier molecular flexibility index (Phi) is 2.29. The number of aromatic nitrogens is 4. The number of ether oxygens (including phenoxy) is 1. The van der Waals surface area contributed by atoms with Crippen LogP contribution in [0.25, 0.3) is 16.8 Å². The number of fused-ring (bicyclic) bond motifs is 3. The maximum absolute atomic E-state index is 11.5. The van der Waals surface area contributed by atoms with Gasteiger partial charge in [0.25, 0.3) is 0 Å². The maximum atomic E-state index is 11.5. The normalized spacial score (nSPS) is 11.2. The lowest BCUT2D eigenvalue weighted by Crippen LogP contribution is -2.11. The molecule has 0 aliphatic rings. The number of methoxy groups -OCH3 is 1. The Morgan fingerprint density at radius 2 is 2.06 bits per heavy atom. The van der Waals surface area contributed by atoms with Gasteiger partial charge in [-0.05, 0) is 19.1 Å². The summed E-state index contributed by atoms with van der Waals surface area (Å²) >= 11 is 0. The van der Waals surface area contributed by atoms with Crippen LogP contribution in [0.2, 0.25) is 0 Å². The lowest BCUT2D eigenvalue weighted by molar-refractivity contribution is -0.141. The molecule has 6 nitrogen and oxygen atoms in total. The van der Waals surface area contributed by atoms with Crippen LogP contribution in [-0.2, 0) is 16.1 Å². The number of hydrogen-bond acceptors (Lipinski definition) is 4. The summed E-state index contributed by atoms with van der Waals surface area (Å²) in [5.74, 6) is 1.02. The first-order valence-electron chi connectivity index (χ1n) is 5.58. The molecule has 18 heavy (non-hydrogen) atoms. The monoisotopic (exact) mass is 244 g/mol. The third-order valence-electron chi connectivity index (χ3n) is 2.85. The van der Waals surface area contributed by atoms with E-state index in [0.717, 1.165) is 11.0 Å². The molecule has 0 radical (unpaired) electrons. The van der Waals surface area contributed by atoms with E-state index < -0.39 is 0 Å². The number of rotatable bonds is 2. The van der Waals surface area contributed by atoms with Crippen LogP contribution in [0.1, 0.15) is 5.82 Å². The van der Waals surface area contributed by atoms with E-state index in [0.29, 0.717) is 11.6 Å². The second-order valence-corrected chi connectivity index (χ2v) is 4.02. The molecule has 0 saturated heterocycles. The molecule has 0 aliphatic heterocycles. The molecule has 0 amide bonds. The Balaban J connectivity index is 2.32. The van der Waals surface area contributed by atoms with Gasteiger partial charge >= 0.3 is 5.97 Å². The van der Waals surface area contributed by atoms with Crippen molar-refractivity contribution in [2.45, 2.75) is 13.5 Å². The van der Waals surface area contributed by atoms with Crippen molar-refractivity contribution >= 4 is 22.8 Å². The van der Waals surface area contributed by atoms with Crippen LogP contribution in [0.15, 0.2) is 24.3 Å². The molecule has 0 unspecified atom stereocenters. The minimum absolute atomic E-state index is 0.131. The van der Waals surface area contributed by atoms with E-state index in [2.05, 4.69) is 10.1 Å². The molecule has 0 atom stereocenters. The van der Waals surface area contributed by atoms with Crippen molar-refractivity contribution in [2.24, 2.45) is 0 Å². The van der Waals surface area contributed by atoms with Crippen LogP contribution < -0.4 is 0 Å². The third-order valence-corrected chi connectivity index (χ3v) is 2.85. The van der Waals surface area contributed by atoms with Gasteiger partial charge in [-0.3, -0.25) is 9.36 Å². The molecule has 0 fully saturated rings. The van der Waals surface area contributed by atoms with E-state index in [1.165, 1.54) is 7.11 Å². The van der Waals surface area contributed by atoms with Crippen molar-refractivity contribution in [3.63, 3.8) is 0 Å². The van der Waals surface area contributed by atoms with Crippen LogP contribution in [0, 0.1) is 6.92 Å². The summed E-state index contributed by atoms with van der Waals surface area (Å²) in [5, 5.41) is 4.33. The van der Waals surface area contributed by atoms with Gasteiger partial charge in [0, 0.05) is 0 Å². The zero-order chi connectivity index (χ0) is 12.7. The summed E-state index contributed by atoms with van der Waals surface area (Å²) in [6, 6.07) is 7.73. The smallest absolute Gasteiger partial charge is 0.325 e. The fraction of sp³-hybridized carbons (Fsp3) is 0.250. The summed E-state index contributed by atoms with van der Waals surface area (Å²) in [6.07, 6.45) is 0. The quantitative estimate of drug-likeness (QED) is 0.635. The standard InChI is InChI=1S/C12H12N4O2/c1-8-13-12-15(7-11(17)18-2)9-5-3-4-6-10(9)16(12)14-8/h3-6H,7H2,1-2H3. The topological polar surface area (TPSA) is 61.4 Å². The Morgan fingerprint density at radius 1 is 1.33 bits per heavy atom. The van der Waals surface area contributed by atoms with Gasteiger partial charge in [-0.25, -0.2) is 0 Å². The van der Waals surface area contributed by atoms with Crippen molar-refractivity contribution in [3.05, 3.63) is 30.1 Å². The molecule has 3 aromatic rings. The Hall–Kier alpha value is -2.37. The van der Waals surface area contributed by atoms with Crippen LogP contribution >= 0.6 is 0 Å². The van der Waals surface area contributed by atoms with Crippen LogP contribution in [-0.4, -0.2) is 32.2 Å². The predicted molar refractivity (Wildman–Crippen MR) is 65.2 cm³/mol. The van der Waals surface area contributed by atoms with Gasteiger partial charge in [-0.15, -0.1) is 5.10 Å². The second-order valence-electron chi connectivity index (χ2n) is 4.02. The van der Waals surface area contributed by atoms with E-state index in [9.17, 15) is 4.79 Å². The van der Waals surface area contributed by atoms with E-state index >= 15 is 0 Å². The first-order chi connectivity index (χ1) is 8.70. The molecule has 3 rings (SSSR count). The molecule has 0 bridgehead atoms. The first kappa shape index (κ1) is 10.8. The molecule has 2 aromatic heterocycles. The number of esters is 1. The van der Waals surface area contributed by atoms with E-state index in [-0.39, 0.29) is 12.5 Å². The van der Waals surface area contributed by atoms with Crippen LogP contribution in [0.5, 0.6) is 0 Å². The van der Waals surface area contributed by atoms with E-state index in [1.54, 1.807) is 9.08 Å². The molecular weight excluding hydrogens is 232 g/mol. The summed E-state index contributed by atoms with van der Waals surface area (Å²) in [7, 11) is 1.38. The molecule has 0 N–H and O–H groups in total. The molecular formula is C12H12N4O2. The molecule has 0 spiro atoms. The van der Waals surface area contributed by atoms with Gasteiger partial charge in [0.2, 0.25) is 5.78 Å².